The molecule has 0 bridgehead atoms. The van der Waals surface area contributed by atoms with Gasteiger partial charge >= 0.3 is 5.97 Å². The van der Waals surface area contributed by atoms with E-state index < -0.39 is 5.97 Å². The molecule has 0 amide bonds. The molecule has 1 N–H and O–H groups in total. The fourth-order valence-electron chi connectivity index (χ4n) is 2.56. The Morgan fingerprint density at radius 3 is 2.35 bits per heavy atom. The highest BCUT2D eigenvalue weighted by atomic mass is 16.5. The van der Waals surface area contributed by atoms with Crippen molar-refractivity contribution in [3.8, 4) is 5.75 Å². The lowest BCUT2D eigenvalue weighted by Gasteiger charge is -2.22. The third-order valence-corrected chi connectivity index (χ3v) is 3.90. The molecule has 1 fully saturated rings. The summed E-state index contributed by atoms with van der Waals surface area (Å²) in [6, 6.07) is 7.40. The van der Waals surface area contributed by atoms with Crippen molar-refractivity contribution in [3.63, 3.8) is 0 Å². The van der Waals surface area contributed by atoms with Crippen molar-refractivity contribution < 1.29 is 14.6 Å². The van der Waals surface area contributed by atoms with Gasteiger partial charge in [0, 0.05) is 0 Å². The molecule has 1 saturated carbocycles. The zero-order chi connectivity index (χ0) is 12.5. The van der Waals surface area contributed by atoms with Crippen LogP contribution in [0, 0.1) is 5.41 Å². The lowest BCUT2D eigenvalue weighted by molar-refractivity contribution is -0.140. The van der Waals surface area contributed by atoms with E-state index in [0.29, 0.717) is 0 Å². The molecule has 1 aromatic rings. The fraction of sp³-hybridized carbons (Fsp3) is 0.500. The summed E-state index contributed by atoms with van der Waals surface area (Å²) in [5.41, 5.74) is 0.873. The highest BCUT2D eigenvalue weighted by molar-refractivity contribution is 5.78. The van der Waals surface area contributed by atoms with Gasteiger partial charge in [-0.3, -0.25) is 4.79 Å². The lowest BCUT2D eigenvalue weighted by atomic mass is 9.81. The van der Waals surface area contributed by atoms with E-state index in [-0.39, 0.29) is 11.3 Å². The van der Waals surface area contributed by atoms with E-state index in [1.807, 2.05) is 24.3 Å². The second kappa shape index (κ2) is 4.40. The Morgan fingerprint density at radius 1 is 1.41 bits per heavy atom. The van der Waals surface area contributed by atoms with Gasteiger partial charge in [0.05, 0.1) is 13.0 Å². The van der Waals surface area contributed by atoms with E-state index in [9.17, 15) is 9.90 Å². The van der Waals surface area contributed by atoms with Crippen LogP contribution in [0.2, 0.25) is 0 Å². The Morgan fingerprint density at radius 2 is 2.00 bits per heavy atom. The van der Waals surface area contributed by atoms with Gasteiger partial charge in [-0.2, -0.15) is 0 Å². The topological polar surface area (TPSA) is 46.5 Å². The van der Waals surface area contributed by atoms with Gasteiger partial charge in [-0.1, -0.05) is 19.1 Å². The summed E-state index contributed by atoms with van der Waals surface area (Å²) in [7, 11) is 1.61. The van der Waals surface area contributed by atoms with Crippen molar-refractivity contribution >= 4 is 5.97 Å². The number of hydrogen-bond donors (Lipinski definition) is 1. The molecule has 1 unspecified atom stereocenters. The summed E-state index contributed by atoms with van der Waals surface area (Å²) in [5, 5.41) is 9.43. The van der Waals surface area contributed by atoms with Crippen LogP contribution in [0.5, 0.6) is 5.75 Å². The standard InChI is InChI=1S/C14H18O3/c1-3-14(8-9-14)12(13(15)16)10-4-6-11(17-2)7-5-10/h4-7,12H,3,8-9H2,1-2H3,(H,15,16). The Kier molecular flexibility index (Phi) is 3.09. The average molecular weight is 234 g/mol. The van der Waals surface area contributed by atoms with Gasteiger partial charge in [-0.25, -0.2) is 0 Å². The molecular weight excluding hydrogens is 216 g/mol. The number of rotatable bonds is 5. The van der Waals surface area contributed by atoms with Gasteiger partial charge in [0.2, 0.25) is 0 Å². The summed E-state index contributed by atoms with van der Waals surface area (Å²) in [4.78, 5) is 11.5. The molecule has 0 aromatic heterocycles. The van der Waals surface area contributed by atoms with Crippen molar-refractivity contribution in [3.05, 3.63) is 29.8 Å². The molecule has 0 heterocycles. The van der Waals surface area contributed by atoms with Crippen LogP contribution < -0.4 is 4.74 Å². The Balaban J connectivity index is 2.30. The van der Waals surface area contributed by atoms with Crippen LogP contribution in [0.1, 0.15) is 37.7 Å². The molecule has 92 valence electrons. The molecule has 0 spiro atoms. The Bertz CT molecular complexity index is 404. The van der Waals surface area contributed by atoms with Crippen molar-refractivity contribution in [2.24, 2.45) is 5.41 Å². The van der Waals surface area contributed by atoms with E-state index in [4.69, 9.17) is 4.74 Å². The van der Waals surface area contributed by atoms with E-state index in [1.54, 1.807) is 7.11 Å². The van der Waals surface area contributed by atoms with Crippen LogP contribution >= 0.6 is 0 Å². The highest BCUT2D eigenvalue weighted by Gasteiger charge is 2.51. The van der Waals surface area contributed by atoms with Gasteiger partial charge in [0.1, 0.15) is 5.75 Å². The van der Waals surface area contributed by atoms with E-state index in [2.05, 4.69) is 6.92 Å². The molecule has 3 heteroatoms. The lowest BCUT2D eigenvalue weighted by Crippen LogP contribution is -2.22. The predicted molar refractivity (Wildman–Crippen MR) is 65.3 cm³/mol. The van der Waals surface area contributed by atoms with Crippen molar-refractivity contribution in [1.29, 1.82) is 0 Å². The second-order valence-electron chi connectivity index (χ2n) is 4.76. The first-order valence-electron chi connectivity index (χ1n) is 6.00. The maximum Gasteiger partial charge on any atom is 0.311 e. The molecule has 0 radical (unpaired) electrons. The molecule has 0 saturated heterocycles. The van der Waals surface area contributed by atoms with Gasteiger partial charge in [-0.15, -0.1) is 0 Å². The maximum absolute atomic E-state index is 11.5. The van der Waals surface area contributed by atoms with Gasteiger partial charge < -0.3 is 9.84 Å². The minimum absolute atomic E-state index is 0.0135. The molecule has 1 aliphatic carbocycles. The normalized spacial score (nSPS) is 18.5. The van der Waals surface area contributed by atoms with Crippen molar-refractivity contribution in [1.82, 2.24) is 0 Å². The Hall–Kier alpha value is -1.51. The number of aliphatic carboxylic acids is 1. The van der Waals surface area contributed by atoms with Crippen LogP contribution in [0.15, 0.2) is 24.3 Å². The average Bonchev–Trinajstić information content (AvgIpc) is 3.11. The van der Waals surface area contributed by atoms with E-state index in [0.717, 1.165) is 30.6 Å². The van der Waals surface area contributed by atoms with Crippen LogP contribution in [0.4, 0.5) is 0 Å². The third-order valence-electron chi connectivity index (χ3n) is 3.90. The number of hydrogen-bond acceptors (Lipinski definition) is 2. The van der Waals surface area contributed by atoms with Crippen LogP contribution in [-0.4, -0.2) is 18.2 Å². The number of ether oxygens (including phenoxy) is 1. The zero-order valence-electron chi connectivity index (χ0n) is 10.3. The quantitative estimate of drug-likeness (QED) is 0.851. The summed E-state index contributed by atoms with van der Waals surface area (Å²) < 4.78 is 5.09. The Labute approximate surface area is 101 Å². The van der Waals surface area contributed by atoms with Crippen LogP contribution in [0.3, 0.4) is 0 Å². The van der Waals surface area contributed by atoms with Crippen molar-refractivity contribution in [2.45, 2.75) is 32.1 Å². The molecule has 17 heavy (non-hydrogen) atoms. The van der Waals surface area contributed by atoms with Gasteiger partial charge in [0.25, 0.3) is 0 Å². The van der Waals surface area contributed by atoms with E-state index in [1.165, 1.54) is 0 Å². The number of benzene rings is 1. The molecule has 1 atom stereocenters. The first-order valence-corrected chi connectivity index (χ1v) is 6.00. The summed E-state index contributed by atoms with van der Waals surface area (Å²) in [6.07, 6.45) is 2.97. The smallest absolute Gasteiger partial charge is 0.311 e. The highest BCUT2D eigenvalue weighted by Crippen LogP contribution is 2.58. The number of carboxylic acids is 1. The fourth-order valence-corrected chi connectivity index (χ4v) is 2.56. The largest absolute Gasteiger partial charge is 0.497 e. The SMILES string of the molecule is CCC1(C(C(=O)O)c2ccc(OC)cc2)CC1. The molecule has 3 nitrogen and oxygen atoms in total. The summed E-state index contributed by atoms with van der Waals surface area (Å²) in [5.74, 6) is -0.327. The number of methoxy groups -OCH3 is 1. The summed E-state index contributed by atoms with van der Waals surface area (Å²) >= 11 is 0. The van der Waals surface area contributed by atoms with Gasteiger partial charge in [0.15, 0.2) is 0 Å². The minimum atomic E-state index is -0.713. The predicted octanol–water partition coefficient (Wildman–Crippen LogP) is 3.05. The molecule has 1 aliphatic rings. The zero-order valence-corrected chi connectivity index (χ0v) is 10.3. The molecule has 0 aliphatic heterocycles. The number of carbonyl (C=O) groups is 1. The first kappa shape index (κ1) is 12.0. The number of carboxylic acid groups (broad SMARTS) is 1. The maximum atomic E-state index is 11.5. The second-order valence-corrected chi connectivity index (χ2v) is 4.76. The molecular formula is C14H18O3. The monoisotopic (exact) mass is 234 g/mol. The minimum Gasteiger partial charge on any atom is -0.497 e. The van der Waals surface area contributed by atoms with Gasteiger partial charge in [-0.05, 0) is 42.4 Å². The molecule has 1 aromatic carbocycles. The van der Waals surface area contributed by atoms with Crippen LogP contribution in [-0.2, 0) is 4.79 Å². The third kappa shape index (κ3) is 2.14. The summed E-state index contributed by atoms with van der Waals surface area (Å²) in [6.45, 7) is 2.08. The van der Waals surface area contributed by atoms with E-state index >= 15 is 0 Å². The van der Waals surface area contributed by atoms with Crippen LogP contribution in [0.25, 0.3) is 0 Å². The molecule has 2 rings (SSSR count). The first-order chi connectivity index (χ1) is 8.13. The van der Waals surface area contributed by atoms with Crippen molar-refractivity contribution in [2.75, 3.05) is 7.11 Å².